The van der Waals surface area contributed by atoms with Crippen molar-refractivity contribution in [1.82, 2.24) is 9.80 Å². The molecule has 0 spiro atoms. The summed E-state index contributed by atoms with van der Waals surface area (Å²) in [6.07, 6.45) is 1.54. The van der Waals surface area contributed by atoms with Gasteiger partial charge >= 0.3 is 0 Å². The summed E-state index contributed by atoms with van der Waals surface area (Å²) in [5, 5.41) is 0. The fourth-order valence-electron chi connectivity index (χ4n) is 3.40. The molecule has 1 aliphatic heterocycles. The lowest BCUT2D eigenvalue weighted by atomic mass is 10.0. The van der Waals surface area contributed by atoms with E-state index in [1.807, 2.05) is 42.3 Å². The van der Waals surface area contributed by atoms with E-state index >= 15 is 0 Å². The molecule has 0 N–H and O–H groups in total. The largest absolute Gasteiger partial charge is 0.493 e. The van der Waals surface area contributed by atoms with Crippen LogP contribution in [0, 0.1) is 0 Å². The third-order valence-electron chi connectivity index (χ3n) is 4.77. The van der Waals surface area contributed by atoms with Gasteiger partial charge in [-0.15, -0.1) is 6.58 Å². The van der Waals surface area contributed by atoms with Crippen LogP contribution in [0.5, 0.6) is 11.5 Å². The number of carbonyl (C=O) groups is 2. The topological polar surface area (TPSA) is 59.1 Å². The maximum atomic E-state index is 13.1. The van der Waals surface area contributed by atoms with E-state index < -0.39 is 0 Å². The molecule has 6 nitrogen and oxygen atoms in total. The number of rotatable bonds is 8. The lowest BCUT2D eigenvalue weighted by Crippen LogP contribution is -2.34. The van der Waals surface area contributed by atoms with Gasteiger partial charge in [0.15, 0.2) is 11.5 Å². The highest BCUT2D eigenvalue weighted by molar-refractivity contribution is 6.35. The molecule has 0 aliphatic carbocycles. The number of hydrogen-bond acceptors (Lipinski definition) is 5. The molecule has 0 atom stereocenters. The fraction of sp³-hybridized carbons (Fsp3) is 0.217. The first-order valence-electron chi connectivity index (χ1n) is 9.20. The lowest BCUT2D eigenvalue weighted by Gasteiger charge is -2.21. The Bertz CT molecular complexity index is 966. The van der Waals surface area contributed by atoms with E-state index in [1.54, 1.807) is 31.4 Å². The van der Waals surface area contributed by atoms with Crippen LogP contribution in [0.2, 0.25) is 0 Å². The summed E-state index contributed by atoms with van der Waals surface area (Å²) in [6, 6.07) is 15.0. The molecular formula is C23H24N2O4. The summed E-state index contributed by atoms with van der Waals surface area (Å²) in [7, 11) is 4.89. The van der Waals surface area contributed by atoms with Gasteiger partial charge in [0, 0.05) is 20.1 Å². The zero-order valence-electron chi connectivity index (χ0n) is 16.8. The van der Waals surface area contributed by atoms with Crippen LogP contribution in [0.1, 0.15) is 11.1 Å². The molecule has 150 valence electrons. The van der Waals surface area contributed by atoms with Crippen LogP contribution >= 0.6 is 0 Å². The molecule has 0 bridgehead atoms. The maximum Gasteiger partial charge on any atom is 0.278 e. The van der Waals surface area contributed by atoms with Crippen molar-refractivity contribution in [2.24, 2.45) is 0 Å². The molecule has 0 radical (unpaired) electrons. The van der Waals surface area contributed by atoms with Crippen LogP contribution in [0.3, 0.4) is 0 Å². The minimum absolute atomic E-state index is 0.150. The third kappa shape index (κ3) is 3.87. The number of amides is 2. The van der Waals surface area contributed by atoms with E-state index in [-0.39, 0.29) is 18.4 Å². The van der Waals surface area contributed by atoms with E-state index in [2.05, 4.69) is 6.58 Å². The van der Waals surface area contributed by atoms with E-state index in [9.17, 15) is 9.59 Å². The van der Waals surface area contributed by atoms with Gasteiger partial charge in [0.1, 0.15) is 5.70 Å². The van der Waals surface area contributed by atoms with E-state index in [1.165, 1.54) is 12.0 Å². The summed E-state index contributed by atoms with van der Waals surface area (Å²) in [4.78, 5) is 29.2. The standard InChI is InChI=1S/C23H24N2O4/c1-5-13-25-22(26)20(17-11-12-18(28-3)19(14-17)29-4)21(23(25)27)24(2)15-16-9-7-6-8-10-16/h5-12,14H,1,13,15H2,2-4H3. The van der Waals surface area contributed by atoms with Gasteiger partial charge in [-0.25, -0.2) is 0 Å². The molecule has 6 heteroatoms. The van der Waals surface area contributed by atoms with Gasteiger partial charge in [-0.3, -0.25) is 14.5 Å². The molecule has 2 amide bonds. The first kappa shape index (κ1) is 20.2. The van der Waals surface area contributed by atoms with Crippen molar-refractivity contribution in [2.75, 3.05) is 27.8 Å². The molecule has 0 saturated carbocycles. The summed E-state index contributed by atoms with van der Waals surface area (Å²) < 4.78 is 10.7. The molecule has 2 aromatic carbocycles. The Morgan fingerprint density at radius 3 is 2.31 bits per heavy atom. The number of benzene rings is 2. The average molecular weight is 392 g/mol. The highest BCUT2D eigenvalue weighted by atomic mass is 16.5. The summed E-state index contributed by atoms with van der Waals surface area (Å²) in [5.74, 6) is 0.357. The van der Waals surface area contributed by atoms with Crippen molar-refractivity contribution in [2.45, 2.75) is 6.54 Å². The highest BCUT2D eigenvalue weighted by Gasteiger charge is 2.40. The smallest absolute Gasteiger partial charge is 0.278 e. The van der Waals surface area contributed by atoms with Crippen molar-refractivity contribution in [1.29, 1.82) is 0 Å². The molecule has 0 saturated heterocycles. The van der Waals surface area contributed by atoms with E-state index in [0.29, 0.717) is 34.9 Å². The van der Waals surface area contributed by atoms with Crippen molar-refractivity contribution in [3.05, 3.63) is 78.0 Å². The SMILES string of the molecule is C=CCN1C(=O)C(c2ccc(OC)c(OC)c2)=C(N(C)Cc2ccccc2)C1=O. The van der Waals surface area contributed by atoms with Crippen molar-refractivity contribution < 1.29 is 19.1 Å². The third-order valence-corrected chi connectivity index (χ3v) is 4.77. The maximum absolute atomic E-state index is 13.1. The monoisotopic (exact) mass is 392 g/mol. The molecule has 0 unspecified atom stereocenters. The number of methoxy groups -OCH3 is 2. The van der Waals surface area contributed by atoms with Crippen molar-refractivity contribution in [3.63, 3.8) is 0 Å². The molecule has 1 aliphatic rings. The van der Waals surface area contributed by atoms with Gasteiger partial charge in [0.05, 0.1) is 19.8 Å². The Balaban J connectivity index is 2.09. The number of nitrogens with zero attached hydrogens (tertiary/aromatic N) is 2. The molecular weight excluding hydrogens is 368 g/mol. The number of ether oxygens (including phenoxy) is 2. The molecule has 2 aromatic rings. The lowest BCUT2D eigenvalue weighted by molar-refractivity contribution is -0.136. The van der Waals surface area contributed by atoms with Crippen molar-refractivity contribution in [3.8, 4) is 11.5 Å². The van der Waals surface area contributed by atoms with Gasteiger partial charge in [-0.2, -0.15) is 0 Å². The Hall–Kier alpha value is -3.54. The summed E-state index contributed by atoms with van der Waals surface area (Å²) in [5.41, 5.74) is 2.34. The first-order valence-corrected chi connectivity index (χ1v) is 9.20. The van der Waals surface area contributed by atoms with Crippen molar-refractivity contribution >= 4 is 17.4 Å². The number of carbonyl (C=O) groups excluding carboxylic acids is 2. The second-order valence-corrected chi connectivity index (χ2v) is 6.64. The minimum atomic E-state index is -0.350. The van der Waals surface area contributed by atoms with Crippen LogP contribution in [0.25, 0.3) is 5.57 Å². The predicted molar refractivity (Wildman–Crippen MR) is 111 cm³/mol. The fourth-order valence-corrected chi connectivity index (χ4v) is 3.40. The van der Waals surface area contributed by atoms with Crippen LogP contribution in [-0.4, -0.2) is 49.4 Å². The first-order chi connectivity index (χ1) is 14.0. The van der Waals surface area contributed by atoms with Crippen LogP contribution in [-0.2, 0) is 16.1 Å². The molecule has 0 aromatic heterocycles. The summed E-state index contributed by atoms with van der Waals surface area (Å²) in [6.45, 7) is 4.31. The van der Waals surface area contributed by atoms with Gasteiger partial charge in [0.2, 0.25) is 0 Å². The summed E-state index contributed by atoms with van der Waals surface area (Å²) >= 11 is 0. The van der Waals surface area contributed by atoms with Gasteiger partial charge in [-0.1, -0.05) is 42.5 Å². The zero-order valence-corrected chi connectivity index (χ0v) is 16.8. The Labute approximate surface area is 170 Å². The van der Waals surface area contributed by atoms with Gasteiger partial charge in [-0.05, 0) is 23.3 Å². The minimum Gasteiger partial charge on any atom is -0.493 e. The Morgan fingerprint density at radius 1 is 1.00 bits per heavy atom. The van der Waals surface area contributed by atoms with E-state index in [4.69, 9.17) is 9.47 Å². The normalized spacial score (nSPS) is 13.7. The molecule has 3 rings (SSSR count). The zero-order chi connectivity index (χ0) is 21.0. The van der Waals surface area contributed by atoms with Crippen LogP contribution in [0.15, 0.2) is 66.9 Å². The molecule has 1 heterocycles. The van der Waals surface area contributed by atoms with E-state index in [0.717, 1.165) is 5.56 Å². The number of imide groups is 1. The predicted octanol–water partition coefficient (Wildman–Crippen LogP) is 3.10. The second kappa shape index (κ2) is 8.65. The molecule has 29 heavy (non-hydrogen) atoms. The van der Waals surface area contributed by atoms with Crippen LogP contribution < -0.4 is 9.47 Å². The number of hydrogen-bond donors (Lipinski definition) is 0. The van der Waals surface area contributed by atoms with Gasteiger partial charge in [0.25, 0.3) is 11.8 Å². The average Bonchev–Trinajstić information content (AvgIpc) is 2.99. The van der Waals surface area contributed by atoms with Gasteiger partial charge < -0.3 is 14.4 Å². The second-order valence-electron chi connectivity index (χ2n) is 6.64. The Morgan fingerprint density at radius 2 is 1.69 bits per heavy atom. The highest BCUT2D eigenvalue weighted by Crippen LogP contribution is 2.36. The number of likely N-dealkylation sites (N-methyl/N-ethyl adjacent to an activating group) is 1. The Kier molecular flexibility index (Phi) is 6.02. The quantitative estimate of drug-likeness (QED) is 0.510. The van der Waals surface area contributed by atoms with Crippen LogP contribution in [0.4, 0.5) is 0 Å². The molecule has 0 fully saturated rings.